The molecule has 74 heavy (non-hydrogen) atoms. The summed E-state index contributed by atoms with van der Waals surface area (Å²) in [5.74, 6) is 0.793. The molecule has 5 aromatic heterocycles. The van der Waals surface area contributed by atoms with Crippen molar-refractivity contribution >= 4 is 75.5 Å². The molecule has 0 fully saturated rings. The van der Waals surface area contributed by atoms with Gasteiger partial charge < -0.3 is 19.0 Å². The van der Waals surface area contributed by atoms with E-state index in [1.807, 2.05) is 12.4 Å². The van der Waals surface area contributed by atoms with Crippen LogP contribution in [0.5, 0.6) is 5.75 Å². The Balaban J connectivity index is 1.12. The Kier molecular flexibility index (Phi) is 9.43. The number of aliphatic hydroxyl groups excluding tert-OH is 1. The van der Waals surface area contributed by atoms with E-state index < -0.39 is 10.8 Å². The van der Waals surface area contributed by atoms with E-state index in [-0.39, 0.29) is 6.61 Å². The Morgan fingerprint density at radius 1 is 0.446 bits per heavy atom. The van der Waals surface area contributed by atoms with Crippen molar-refractivity contribution in [1.29, 1.82) is 0 Å². The number of pyridine rings is 3. The number of hydrogen-bond donors (Lipinski definition) is 1. The maximum Gasteiger partial charge on any atom is 0.118 e. The van der Waals surface area contributed by atoms with Crippen molar-refractivity contribution in [3.63, 3.8) is 0 Å². The number of benzene rings is 7. The minimum absolute atomic E-state index is 0.0370. The van der Waals surface area contributed by atoms with Crippen molar-refractivity contribution in [2.24, 2.45) is 0 Å². The fourth-order valence-electron chi connectivity index (χ4n) is 13.5. The highest BCUT2D eigenvalue weighted by Gasteiger charge is 2.50. The van der Waals surface area contributed by atoms with Crippen LogP contribution in [0.3, 0.4) is 0 Å². The number of ether oxygens (including phenoxy) is 1. The van der Waals surface area contributed by atoms with Crippen molar-refractivity contribution < 1.29 is 9.84 Å². The Hall–Kier alpha value is -7.69. The zero-order valence-corrected chi connectivity index (χ0v) is 43.9. The number of aliphatic hydroxyl groups is 1. The Morgan fingerprint density at radius 3 is 1.46 bits per heavy atom. The van der Waals surface area contributed by atoms with Crippen LogP contribution in [0.25, 0.3) is 88.5 Å². The van der Waals surface area contributed by atoms with Crippen molar-refractivity contribution in [2.45, 2.75) is 44.4 Å². The second kappa shape index (κ2) is 15.9. The number of rotatable bonds is 6. The summed E-state index contributed by atoms with van der Waals surface area (Å²) >= 11 is 7.80. The third-order valence-electron chi connectivity index (χ3n) is 16.7. The van der Waals surface area contributed by atoms with E-state index in [0.29, 0.717) is 0 Å². The topological polar surface area (TPSA) is 78.0 Å². The number of hydrogen-bond acceptors (Lipinski definition) is 5. The maximum atomic E-state index is 10.3. The van der Waals surface area contributed by atoms with Gasteiger partial charge in [0.15, 0.2) is 0 Å². The molecule has 3 aliphatic rings. The molecule has 2 atom stereocenters. The molecule has 0 amide bonds. The average Bonchev–Trinajstić information content (AvgIpc) is 4.13. The van der Waals surface area contributed by atoms with E-state index in [4.69, 9.17) is 19.7 Å². The van der Waals surface area contributed by atoms with Gasteiger partial charge in [-0.1, -0.05) is 82.7 Å². The van der Waals surface area contributed by atoms with E-state index in [1.54, 1.807) is 7.11 Å². The predicted octanol–water partition coefficient (Wildman–Crippen LogP) is 15.5. The zero-order chi connectivity index (χ0) is 49.8. The largest absolute Gasteiger partial charge is 0.497 e. The lowest BCUT2D eigenvalue weighted by Crippen LogP contribution is -2.29. The molecule has 5 heterocycles. The van der Waals surface area contributed by atoms with Crippen LogP contribution in [0.2, 0.25) is 0 Å². The molecule has 7 aromatic carbocycles. The first kappa shape index (κ1) is 43.9. The van der Waals surface area contributed by atoms with E-state index in [0.717, 1.165) is 123 Å². The first-order valence-electron chi connectivity index (χ1n) is 25.2. The van der Waals surface area contributed by atoms with Gasteiger partial charge in [0.05, 0.1) is 41.6 Å². The molecule has 15 rings (SSSR count). The summed E-state index contributed by atoms with van der Waals surface area (Å²) in [6.07, 6.45) is 5.99. The van der Waals surface area contributed by atoms with E-state index in [9.17, 15) is 5.11 Å². The Bertz CT molecular complexity index is 4120. The number of aromatic nitrogens is 5. The highest BCUT2D eigenvalue weighted by atomic mass is 79.9. The van der Waals surface area contributed by atoms with Crippen LogP contribution in [-0.2, 0) is 30.5 Å². The van der Waals surface area contributed by atoms with Gasteiger partial charge in [-0.15, -0.1) is 0 Å². The van der Waals surface area contributed by atoms with Crippen LogP contribution < -0.4 is 4.74 Å². The van der Waals surface area contributed by atoms with Crippen LogP contribution in [-0.4, -0.2) is 36.3 Å². The van der Waals surface area contributed by atoms with Gasteiger partial charge in [-0.05, 0) is 171 Å². The molecule has 356 valence electrons. The smallest absolute Gasteiger partial charge is 0.118 e. The lowest BCUT2D eigenvalue weighted by molar-refractivity contribution is 0.282. The van der Waals surface area contributed by atoms with Crippen LogP contribution in [0.15, 0.2) is 185 Å². The molecular weight excluding hydrogens is 1040 g/mol. The Labute approximate surface area is 444 Å². The number of methoxy groups -OCH3 is 1. The maximum absolute atomic E-state index is 10.3. The predicted molar refractivity (Wildman–Crippen MR) is 304 cm³/mol. The van der Waals surface area contributed by atoms with Gasteiger partial charge in [0, 0.05) is 112 Å². The second-order valence-electron chi connectivity index (χ2n) is 20.0. The molecule has 0 radical (unpaired) electrons. The van der Waals surface area contributed by atoms with Crippen molar-refractivity contribution in [3.05, 3.63) is 235 Å². The first-order valence-corrected chi connectivity index (χ1v) is 26.8. The highest BCUT2D eigenvalue weighted by Crippen LogP contribution is 2.59. The molecule has 7 nitrogen and oxygen atoms in total. The van der Waals surface area contributed by atoms with Crippen molar-refractivity contribution in [1.82, 2.24) is 24.1 Å². The van der Waals surface area contributed by atoms with Gasteiger partial charge in [0.25, 0.3) is 0 Å². The van der Waals surface area contributed by atoms with Crippen LogP contribution in [0.4, 0.5) is 0 Å². The molecule has 12 aromatic rings. The number of fused-ring (bicyclic) bond motifs is 16. The summed E-state index contributed by atoms with van der Waals surface area (Å²) in [5.41, 5.74) is 20.9. The molecule has 9 heteroatoms. The third kappa shape index (κ3) is 5.72. The SMILES string of the molecule is CCn1c2ccc3cc2c2cc(ccc21)[C@@]1(c2ccc(CO)cc2)c2cc(Br)ccc2-c2ncc(cc21)-c1ccc2c(c1)c1cc(ccc1n2CC)[C@@]1(c2ccc(OC)cc2)c2cc(Br)cnc2-c2ncc-3cc21. The molecule has 0 saturated heterocycles. The second-order valence-corrected chi connectivity index (χ2v) is 21.8. The van der Waals surface area contributed by atoms with Crippen LogP contribution >= 0.6 is 31.9 Å². The lowest BCUT2D eigenvalue weighted by Gasteiger charge is -2.34. The van der Waals surface area contributed by atoms with E-state index >= 15 is 0 Å². The van der Waals surface area contributed by atoms with Crippen LogP contribution in [0, 0.1) is 0 Å². The lowest BCUT2D eigenvalue weighted by atomic mass is 9.67. The van der Waals surface area contributed by atoms with E-state index in [1.165, 1.54) is 43.6 Å². The van der Waals surface area contributed by atoms with Gasteiger partial charge in [-0.3, -0.25) is 15.0 Å². The Morgan fingerprint density at radius 2 is 0.905 bits per heavy atom. The molecule has 0 unspecified atom stereocenters. The minimum Gasteiger partial charge on any atom is -0.497 e. The summed E-state index contributed by atoms with van der Waals surface area (Å²) in [4.78, 5) is 16.1. The molecule has 1 N–H and O–H groups in total. The minimum atomic E-state index is -0.812. The standard InChI is InChI=1S/C65H45Br2N5O2/c1-4-71-57-21-9-38-25-49(57)51-28-43(14-22-59(51)71)64(41-10-6-36(35-73)7-11-41)53-30-45(66)16-19-48(53)61-54(64)26-39(32-68-61)37-8-20-58-50(24-37)52-29-44(15-23-60(52)72(58)5-2)65(42-12-17-47(74-3)18-13-42)55-27-40(38)33-69-62(55)63-56(65)31-46(67)34-70-63/h6-34,73H,4-5,35H2,1-3H3/t64-,65+/m0/s1. The molecule has 12 bridgehead atoms. The van der Waals surface area contributed by atoms with Gasteiger partial charge in [0.2, 0.25) is 0 Å². The van der Waals surface area contributed by atoms with Crippen LogP contribution in [0.1, 0.15) is 63.9 Å². The molecule has 0 aliphatic heterocycles. The quantitative estimate of drug-likeness (QED) is 0.179. The van der Waals surface area contributed by atoms with Crippen molar-refractivity contribution in [3.8, 4) is 50.6 Å². The summed E-state index contributed by atoms with van der Waals surface area (Å²) in [7, 11) is 1.72. The fraction of sp³-hybridized carbons (Fsp3) is 0.123. The molecule has 0 saturated carbocycles. The summed E-state index contributed by atoms with van der Waals surface area (Å²) in [6.45, 7) is 6.04. The highest BCUT2D eigenvalue weighted by molar-refractivity contribution is 9.10. The van der Waals surface area contributed by atoms with Crippen molar-refractivity contribution in [2.75, 3.05) is 7.11 Å². The normalized spacial score (nSPS) is 16.8. The number of aryl methyl sites for hydroxylation is 2. The van der Waals surface area contributed by atoms with Gasteiger partial charge in [-0.25, -0.2) is 0 Å². The first-order chi connectivity index (χ1) is 36.3. The number of nitrogens with zero attached hydrogens (tertiary/aromatic N) is 5. The number of halogens is 2. The summed E-state index contributed by atoms with van der Waals surface area (Å²) < 4.78 is 12.6. The average molecular weight is 1090 g/mol. The monoisotopic (exact) mass is 1090 g/mol. The van der Waals surface area contributed by atoms with Gasteiger partial charge >= 0.3 is 0 Å². The fourth-order valence-corrected chi connectivity index (χ4v) is 14.1. The van der Waals surface area contributed by atoms with E-state index in [2.05, 4.69) is 219 Å². The van der Waals surface area contributed by atoms with Gasteiger partial charge in [0.1, 0.15) is 5.75 Å². The van der Waals surface area contributed by atoms with Gasteiger partial charge in [-0.2, -0.15) is 0 Å². The zero-order valence-electron chi connectivity index (χ0n) is 40.7. The summed E-state index contributed by atoms with van der Waals surface area (Å²) in [5, 5.41) is 15.0. The summed E-state index contributed by atoms with van der Waals surface area (Å²) in [6, 6.07) is 58.8. The molecular formula is C65H45Br2N5O2. The molecule has 0 spiro atoms. The third-order valence-corrected chi connectivity index (χ3v) is 17.6. The molecule has 3 aliphatic carbocycles.